The zero-order valence-electron chi connectivity index (χ0n) is 10.9. The van der Waals surface area contributed by atoms with Crippen molar-refractivity contribution < 1.29 is 0 Å². The Hall–Kier alpha value is -1.22. The largest absolute Gasteiger partial charge is 0.357 e. The molecule has 3 nitrogen and oxygen atoms in total. The van der Waals surface area contributed by atoms with E-state index in [0.717, 1.165) is 29.4 Å². The summed E-state index contributed by atoms with van der Waals surface area (Å²) in [5, 5.41) is 0.779. The summed E-state index contributed by atoms with van der Waals surface area (Å²) in [7, 11) is 0. The lowest BCUT2D eigenvalue weighted by molar-refractivity contribution is 0.291. The van der Waals surface area contributed by atoms with Gasteiger partial charge in [0.05, 0.1) is 11.7 Å². The molecule has 0 radical (unpaired) electrons. The number of halogens is 1. The fourth-order valence-corrected chi connectivity index (χ4v) is 3.05. The van der Waals surface area contributed by atoms with Crippen molar-refractivity contribution >= 4 is 22.9 Å². The molecule has 1 fully saturated rings. The molecule has 0 aliphatic carbocycles. The van der Waals surface area contributed by atoms with Gasteiger partial charge in [-0.15, -0.1) is 0 Å². The van der Waals surface area contributed by atoms with E-state index in [9.17, 15) is 0 Å². The van der Waals surface area contributed by atoms with Gasteiger partial charge in [0.25, 0.3) is 0 Å². The smallest absolute Gasteiger partial charge is 0.115 e. The lowest BCUT2D eigenvalue weighted by Gasteiger charge is -2.39. The molecule has 4 heteroatoms. The Morgan fingerprint density at radius 2 is 2.17 bits per heavy atom. The predicted octanol–water partition coefficient (Wildman–Crippen LogP) is 3.61. The number of aromatic nitrogens is 2. The first-order valence-corrected chi connectivity index (χ1v) is 6.80. The SMILES string of the molecule is CC1(C)CCCN(c2cc(Cl)cc3cncn23)C1. The van der Waals surface area contributed by atoms with Crippen molar-refractivity contribution in [1.29, 1.82) is 0 Å². The van der Waals surface area contributed by atoms with E-state index in [1.165, 1.54) is 12.8 Å². The summed E-state index contributed by atoms with van der Waals surface area (Å²) >= 11 is 6.20. The molecule has 96 valence electrons. The number of hydrogen-bond donors (Lipinski definition) is 0. The number of pyridine rings is 1. The molecule has 0 N–H and O–H groups in total. The summed E-state index contributed by atoms with van der Waals surface area (Å²) in [5.41, 5.74) is 1.42. The first-order valence-electron chi connectivity index (χ1n) is 6.42. The van der Waals surface area contributed by atoms with Gasteiger partial charge in [-0.3, -0.25) is 4.40 Å². The highest BCUT2D eigenvalue weighted by Gasteiger charge is 2.27. The number of fused-ring (bicyclic) bond motifs is 1. The second-order valence-electron chi connectivity index (χ2n) is 5.91. The fraction of sp³-hybridized carbons (Fsp3) is 0.500. The van der Waals surface area contributed by atoms with Crippen LogP contribution in [0.25, 0.3) is 5.52 Å². The summed E-state index contributed by atoms with van der Waals surface area (Å²) in [4.78, 5) is 6.63. The monoisotopic (exact) mass is 263 g/mol. The van der Waals surface area contributed by atoms with Crippen LogP contribution in [0.5, 0.6) is 0 Å². The van der Waals surface area contributed by atoms with E-state index >= 15 is 0 Å². The Morgan fingerprint density at radius 3 is 2.94 bits per heavy atom. The molecule has 1 aliphatic rings. The van der Waals surface area contributed by atoms with E-state index in [0.29, 0.717) is 5.41 Å². The lowest BCUT2D eigenvalue weighted by Crippen LogP contribution is -2.40. The van der Waals surface area contributed by atoms with Crippen molar-refractivity contribution in [2.75, 3.05) is 18.0 Å². The molecular weight excluding hydrogens is 246 g/mol. The summed E-state index contributed by atoms with van der Waals surface area (Å²) in [6, 6.07) is 3.99. The number of nitrogens with zero attached hydrogens (tertiary/aromatic N) is 3. The molecule has 0 spiro atoms. The number of hydrogen-bond acceptors (Lipinski definition) is 2. The molecular formula is C14H18ClN3. The molecule has 2 aromatic heterocycles. The molecule has 18 heavy (non-hydrogen) atoms. The topological polar surface area (TPSA) is 20.5 Å². The lowest BCUT2D eigenvalue weighted by atomic mass is 9.84. The van der Waals surface area contributed by atoms with Crippen molar-refractivity contribution in [2.24, 2.45) is 5.41 Å². The van der Waals surface area contributed by atoms with E-state index in [4.69, 9.17) is 11.6 Å². The van der Waals surface area contributed by atoms with Gasteiger partial charge in [0, 0.05) is 18.1 Å². The van der Waals surface area contributed by atoms with Crippen LogP contribution in [0.1, 0.15) is 26.7 Å². The van der Waals surface area contributed by atoms with Crippen LogP contribution in [-0.4, -0.2) is 22.5 Å². The standard InChI is InChI=1S/C14H18ClN3/c1-14(2)4-3-5-17(9-14)13-7-11(15)6-12-8-16-10-18(12)13/h6-8,10H,3-5,9H2,1-2H3. The molecule has 0 aromatic carbocycles. The Balaban J connectivity index is 2.05. The van der Waals surface area contributed by atoms with Crippen LogP contribution in [0.15, 0.2) is 24.7 Å². The summed E-state index contributed by atoms with van der Waals surface area (Å²) in [6.45, 7) is 6.82. The van der Waals surface area contributed by atoms with Crippen molar-refractivity contribution in [1.82, 2.24) is 9.38 Å². The summed E-state index contributed by atoms with van der Waals surface area (Å²) in [6.07, 6.45) is 6.24. The van der Waals surface area contributed by atoms with E-state index in [1.54, 1.807) is 0 Å². The Labute approximate surface area is 112 Å². The van der Waals surface area contributed by atoms with Crippen molar-refractivity contribution in [3.63, 3.8) is 0 Å². The van der Waals surface area contributed by atoms with Gasteiger partial charge >= 0.3 is 0 Å². The first-order chi connectivity index (χ1) is 8.55. The fourth-order valence-electron chi connectivity index (χ4n) is 2.84. The highest BCUT2D eigenvalue weighted by molar-refractivity contribution is 6.31. The maximum Gasteiger partial charge on any atom is 0.115 e. The molecule has 0 atom stereocenters. The highest BCUT2D eigenvalue weighted by atomic mass is 35.5. The second-order valence-corrected chi connectivity index (χ2v) is 6.35. The first kappa shape index (κ1) is 11.8. The van der Waals surface area contributed by atoms with Gasteiger partial charge in [0.15, 0.2) is 0 Å². The van der Waals surface area contributed by atoms with Crippen molar-refractivity contribution in [2.45, 2.75) is 26.7 Å². The van der Waals surface area contributed by atoms with Gasteiger partial charge in [-0.25, -0.2) is 4.98 Å². The van der Waals surface area contributed by atoms with Gasteiger partial charge in [-0.05, 0) is 30.4 Å². The molecule has 1 saturated heterocycles. The number of imidazole rings is 1. The molecule has 0 bridgehead atoms. The molecule has 2 aromatic rings. The number of anilines is 1. The van der Waals surface area contributed by atoms with Crippen molar-refractivity contribution in [3.05, 3.63) is 29.7 Å². The zero-order valence-corrected chi connectivity index (χ0v) is 11.6. The molecule has 3 heterocycles. The van der Waals surface area contributed by atoms with Crippen LogP contribution in [-0.2, 0) is 0 Å². The molecule has 0 unspecified atom stereocenters. The Bertz CT molecular complexity index is 573. The highest BCUT2D eigenvalue weighted by Crippen LogP contribution is 2.32. The maximum absolute atomic E-state index is 6.20. The van der Waals surface area contributed by atoms with Crippen LogP contribution in [0.3, 0.4) is 0 Å². The maximum atomic E-state index is 6.20. The minimum atomic E-state index is 0.369. The minimum Gasteiger partial charge on any atom is -0.357 e. The van der Waals surface area contributed by atoms with Gasteiger partial charge in [-0.2, -0.15) is 0 Å². The van der Waals surface area contributed by atoms with Crippen LogP contribution in [0, 0.1) is 5.41 Å². The normalized spacial score (nSPS) is 19.4. The van der Waals surface area contributed by atoms with E-state index in [1.807, 2.05) is 24.7 Å². The minimum absolute atomic E-state index is 0.369. The third-order valence-electron chi connectivity index (χ3n) is 3.69. The summed E-state index contributed by atoms with van der Waals surface area (Å²) in [5.74, 6) is 1.16. The van der Waals surface area contributed by atoms with Crippen molar-refractivity contribution in [3.8, 4) is 0 Å². The van der Waals surface area contributed by atoms with Crippen LogP contribution < -0.4 is 4.90 Å². The van der Waals surface area contributed by atoms with E-state index in [2.05, 4.69) is 28.1 Å². The second kappa shape index (κ2) is 4.16. The quantitative estimate of drug-likeness (QED) is 0.783. The third kappa shape index (κ3) is 2.07. The van der Waals surface area contributed by atoms with Gasteiger partial charge in [0.1, 0.15) is 12.1 Å². The molecule has 3 rings (SSSR count). The van der Waals surface area contributed by atoms with Crippen LogP contribution in [0.2, 0.25) is 5.02 Å². The van der Waals surface area contributed by atoms with Crippen LogP contribution in [0.4, 0.5) is 5.82 Å². The average Bonchev–Trinajstić information content (AvgIpc) is 2.74. The molecule has 0 amide bonds. The Morgan fingerprint density at radius 1 is 1.33 bits per heavy atom. The van der Waals surface area contributed by atoms with Gasteiger partial charge in [0.2, 0.25) is 0 Å². The third-order valence-corrected chi connectivity index (χ3v) is 3.91. The zero-order chi connectivity index (χ0) is 12.8. The average molecular weight is 264 g/mol. The van der Waals surface area contributed by atoms with E-state index in [-0.39, 0.29) is 0 Å². The molecule has 0 saturated carbocycles. The predicted molar refractivity (Wildman–Crippen MR) is 75.4 cm³/mol. The van der Waals surface area contributed by atoms with Gasteiger partial charge in [-0.1, -0.05) is 25.4 Å². The summed E-state index contributed by atoms with van der Waals surface area (Å²) < 4.78 is 2.12. The van der Waals surface area contributed by atoms with E-state index < -0.39 is 0 Å². The Kier molecular flexibility index (Phi) is 2.74. The number of rotatable bonds is 1. The van der Waals surface area contributed by atoms with Gasteiger partial charge < -0.3 is 4.90 Å². The van der Waals surface area contributed by atoms with Crippen LogP contribution >= 0.6 is 11.6 Å². The molecule has 1 aliphatic heterocycles. The number of piperidine rings is 1.